The van der Waals surface area contributed by atoms with E-state index in [1.54, 1.807) is 0 Å². The van der Waals surface area contributed by atoms with Gasteiger partial charge in [0, 0.05) is 43.9 Å². The average molecular weight is 255 g/mol. The number of hydrogen-bond donors (Lipinski definition) is 2. The van der Waals surface area contributed by atoms with Gasteiger partial charge in [-0.1, -0.05) is 12.1 Å². The predicted molar refractivity (Wildman–Crippen MR) is 80.3 cm³/mol. The normalized spacial score (nSPS) is 18.5. The number of benzene rings is 1. The van der Waals surface area contributed by atoms with E-state index in [2.05, 4.69) is 46.0 Å². The first-order chi connectivity index (χ1) is 9.38. The van der Waals surface area contributed by atoms with E-state index in [4.69, 9.17) is 0 Å². The van der Waals surface area contributed by atoms with Crippen LogP contribution in [0, 0.1) is 0 Å². The second-order valence-corrected chi connectivity index (χ2v) is 5.15. The molecule has 0 amide bonds. The molecule has 3 nitrogen and oxygen atoms in total. The molecule has 1 fully saturated rings. The lowest BCUT2D eigenvalue weighted by molar-refractivity contribution is 0.174. The molecule has 0 aliphatic carbocycles. The van der Waals surface area contributed by atoms with Crippen LogP contribution in [0.2, 0.25) is 0 Å². The Kier molecular flexibility index (Phi) is 3.67. The fourth-order valence-electron chi connectivity index (χ4n) is 2.93. The van der Waals surface area contributed by atoms with Gasteiger partial charge in [0.1, 0.15) is 0 Å². The third-order valence-electron chi connectivity index (χ3n) is 3.94. The molecule has 1 aliphatic rings. The minimum atomic E-state index is 0.457. The molecule has 1 aromatic heterocycles. The maximum absolute atomic E-state index is 3.92. The number of nitrogens with zero attached hydrogens (tertiary/aromatic N) is 1. The van der Waals surface area contributed by atoms with Crippen molar-refractivity contribution in [2.45, 2.75) is 12.5 Å². The summed E-state index contributed by atoms with van der Waals surface area (Å²) in [5.41, 5.74) is 2.61. The lowest BCUT2D eigenvalue weighted by atomic mass is 10.00. The topological polar surface area (TPSA) is 31.1 Å². The molecule has 19 heavy (non-hydrogen) atoms. The Morgan fingerprint density at radius 2 is 2.11 bits per heavy atom. The third kappa shape index (κ3) is 2.57. The van der Waals surface area contributed by atoms with Crippen molar-refractivity contribution < 1.29 is 0 Å². The second kappa shape index (κ2) is 5.59. The third-order valence-corrected chi connectivity index (χ3v) is 3.94. The summed E-state index contributed by atoms with van der Waals surface area (Å²) in [6.45, 7) is 8.32. The van der Waals surface area contributed by atoms with E-state index in [0.717, 1.165) is 32.6 Å². The van der Waals surface area contributed by atoms with Crippen LogP contribution in [0.5, 0.6) is 0 Å². The number of rotatable bonds is 4. The number of aromatic amines is 1. The van der Waals surface area contributed by atoms with Crippen LogP contribution in [0.15, 0.2) is 43.1 Å². The summed E-state index contributed by atoms with van der Waals surface area (Å²) in [5, 5.41) is 4.71. The molecule has 0 spiro atoms. The SMILES string of the molecule is C=CC[C@@H](c1ccc2[nH]ccc2c1)N1CCNCC1. The molecule has 1 aromatic carbocycles. The van der Waals surface area contributed by atoms with Crippen LogP contribution in [0.1, 0.15) is 18.0 Å². The lowest BCUT2D eigenvalue weighted by Crippen LogP contribution is -2.45. The Hall–Kier alpha value is -1.58. The van der Waals surface area contributed by atoms with Crippen molar-refractivity contribution in [3.8, 4) is 0 Å². The first-order valence-corrected chi connectivity index (χ1v) is 7.01. The molecule has 3 rings (SSSR count). The van der Waals surface area contributed by atoms with E-state index in [1.165, 1.54) is 16.5 Å². The van der Waals surface area contributed by atoms with Crippen molar-refractivity contribution in [1.82, 2.24) is 15.2 Å². The number of aromatic nitrogens is 1. The molecule has 2 N–H and O–H groups in total. The second-order valence-electron chi connectivity index (χ2n) is 5.15. The minimum absolute atomic E-state index is 0.457. The number of fused-ring (bicyclic) bond motifs is 1. The molecule has 1 aliphatic heterocycles. The molecular weight excluding hydrogens is 234 g/mol. The molecule has 0 saturated carbocycles. The van der Waals surface area contributed by atoms with Gasteiger partial charge in [-0.2, -0.15) is 0 Å². The summed E-state index contributed by atoms with van der Waals surface area (Å²) in [6.07, 6.45) is 5.05. The van der Waals surface area contributed by atoms with Crippen molar-refractivity contribution in [3.05, 3.63) is 48.7 Å². The van der Waals surface area contributed by atoms with E-state index >= 15 is 0 Å². The average Bonchev–Trinajstić information content (AvgIpc) is 2.93. The number of hydrogen-bond acceptors (Lipinski definition) is 2. The van der Waals surface area contributed by atoms with Gasteiger partial charge in [0.05, 0.1) is 0 Å². The van der Waals surface area contributed by atoms with Crippen LogP contribution < -0.4 is 5.32 Å². The first-order valence-electron chi connectivity index (χ1n) is 7.01. The zero-order valence-corrected chi connectivity index (χ0v) is 11.2. The van der Waals surface area contributed by atoms with Gasteiger partial charge >= 0.3 is 0 Å². The van der Waals surface area contributed by atoms with E-state index in [1.807, 2.05) is 12.3 Å². The summed E-state index contributed by atoms with van der Waals surface area (Å²) in [7, 11) is 0. The zero-order chi connectivity index (χ0) is 13.1. The van der Waals surface area contributed by atoms with E-state index < -0.39 is 0 Å². The molecule has 2 aromatic rings. The van der Waals surface area contributed by atoms with Crippen molar-refractivity contribution in [1.29, 1.82) is 0 Å². The van der Waals surface area contributed by atoms with Gasteiger partial charge in [0.25, 0.3) is 0 Å². The molecular formula is C16H21N3. The Morgan fingerprint density at radius 1 is 1.26 bits per heavy atom. The fraction of sp³-hybridized carbons (Fsp3) is 0.375. The van der Waals surface area contributed by atoms with Gasteiger partial charge in [-0.05, 0) is 35.6 Å². The molecule has 0 bridgehead atoms. The summed E-state index contributed by atoms with van der Waals surface area (Å²) in [6, 6.07) is 9.33. The molecule has 1 saturated heterocycles. The highest BCUT2D eigenvalue weighted by Crippen LogP contribution is 2.27. The first kappa shape index (κ1) is 12.5. The van der Waals surface area contributed by atoms with Crippen LogP contribution in [-0.2, 0) is 0 Å². The smallest absolute Gasteiger partial charge is 0.0454 e. The van der Waals surface area contributed by atoms with Gasteiger partial charge in [0.2, 0.25) is 0 Å². The van der Waals surface area contributed by atoms with E-state index in [9.17, 15) is 0 Å². The van der Waals surface area contributed by atoms with Crippen molar-refractivity contribution in [3.63, 3.8) is 0 Å². The Labute approximate surface area is 114 Å². The fourth-order valence-corrected chi connectivity index (χ4v) is 2.93. The highest BCUT2D eigenvalue weighted by atomic mass is 15.2. The van der Waals surface area contributed by atoms with Crippen LogP contribution in [0.25, 0.3) is 10.9 Å². The van der Waals surface area contributed by atoms with Crippen LogP contribution in [0.4, 0.5) is 0 Å². The molecule has 0 unspecified atom stereocenters. The highest BCUT2D eigenvalue weighted by Gasteiger charge is 2.21. The van der Waals surface area contributed by atoms with Gasteiger partial charge in [-0.15, -0.1) is 6.58 Å². The largest absolute Gasteiger partial charge is 0.361 e. The van der Waals surface area contributed by atoms with Crippen LogP contribution in [0.3, 0.4) is 0 Å². The summed E-state index contributed by atoms with van der Waals surface area (Å²) < 4.78 is 0. The Morgan fingerprint density at radius 3 is 2.89 bits per heavy atom. The number of nitrogens with one attached hydrogen (secondary N) is 2. The number of H-pyrrole nitrogens is 1. The van der Waals surface area contributed by atoms with Gasteiger partial charge in [-0.25, -0.2) is 0 Å². The van der Waals surface area contributed by atoms with Crippen molar-refractivity contribution >= 4 is 10.9 Å². The quantitative estimate of drug-likeness (QED) is 0.823. The molecule has 100 valence electrons. The zero-order valence-electron chi connectivity index (χ0n) is 11.2. The van der Waals surface area contributed by atoms with Crippen LogP contribution in [-0.4, -0.2) is 36.1 Å². The molecule has 2 heterocycles. The monoisotopic (exact) mass is 255 g/mol. The minimum Gasteiger partial charge on any atom is -0.361 e. The van der Waals surface area contributed by atoms with Gasteiger partial charge < -0.3 is 10.3 Å². The number of piperazine rings is 1. The molecule has 3 heteroatoms. The van der Waals surface area contributed by atoms with Crippen LogP contribution >= 0.6 is 0 Å². The van der Waals surface area contributed by atoms with Crippen molar-refractivity contribution in [2.75, 3.05) is 26.2 Å². The maximum Gasteiger partial charge on any atom is 0.0454 e. The molecule has 1 atom stereocenters. The maximum atomic E-state index is 3.92. The summed E-state index contributed by atoms with van der Waals surface area (Å²) >= 11 is 0. The Bertz CT molecular complexity index is 552. The van der Waals surface area contributed by atoms with Gasteiger partial charge in [0.15, 0.2) is 0 Å². The van der Waals surface area contributed by atoms with E-state index in [-0.39, 0.29) is 0 Å². The highest BCUT2D eigenvalue weighted by molar-refractivity contribution is 5.80. The molecule has 0 radical (unpaired) electrons. The van der Waals surface area contributed by atoms with E-state index in [0.29, 0.717) is 6.04 Å². The standard InChI is InChI=1S/C16H21N3/c1-2-3-16(19-10-8-17-9-11-19)14-4-5-15-13(12-14)6-7-18-15/h2,4-7,12,16-18H,1,3,8-11H2/t16-/m0/s1. The van der Waals surface area contributed by atoms with Gasteiger partial charge in [-0.3, -0.25) is 4.90 Å². The summed E-state index contributed by atoms with van der Waals surface area (Å²) in [5.74, 6) is 0. The van der Waals surface area contributed by atoms with Crippen molar-refractivity contribution in [2.24, 2.45) is 0 Å². The summed E-state index contributed by atoms with van der Waals surface area (Å²) in [4.78, 5) is 5.81. The Balaban J connectivity index is 1.90. The lowest BCUT2D eigenvalue weighted by Gasteiger charge is -2.34. The predicted octanol–water partition coefficient (Wildman–Crippen LogP) is 2.69.